The molecule has 1 aliphatic carbocycles. The van der Waals surface area contributed by atoms with Crippen LogP contribution in [0.2, 0.25) is 0 Å². The summed E-state index contributed by atoms with van der Waals surface area (Å²) in [6, 6.07) is 3.57. The number of carbonyl (C=O) groups excluding carboxylic acids is 1. The van der Waals surface area contributed by atoms with Gasteiger partial charge in [-0.15, -0.1) is 0 Å². The van der Waals surface area contributed by atoms with Crippen LogP contribution in [0.3, 0.4) is 0 Å². The molecule has 8 nitrogen and oxygen atoms in total. The largest absolute Gasteiger partial charge is 0.513 e. The van der Waals surface area contributed by atoms with Crippen molar-refractivity contribution in [3.8, 4) is 11.5 Å². The zero-order chi connectivity index (χ0) is 26.0. The van der Waals surface area contributed by atoms with E-state index >= 15 is 0 Å². The minimum atomic E-state index is -4.50. The minimum Gasteiger partial charge on any atom is -0.507 e. The van der Waals surface area contributed by atoms with Crippen molar-refractivity contribution in [3.05, 3.63) is 47.1 Å². The lowest BCUT2D eigenvalue weighted by Crippen LogP contribution is -2.19. The second kappa shape index (κ2) is 13.8. The van der Waals surface area contributed by atoms with Crippen LogP contribution in [-0.2, 0) is 20.2 Å². The van der Waals surface area contributed by atoms with Crippen LogP contribution in [0.15, 0.2) is 35.9 Å². The van der Waals surface area contributed by atoms with Gasteiger partial charge in [0.15, 0.2) is 0 Å². The van der Waals surface area contributed by atoms with Gasteiger partial charge in [0.2, 0.25) is 0 Å². The Bertz CT molecular complexity index is 949. The Labute approximate surface area is 208 Å². The molecule has 0 fully saturated rings. The lowest BCUT2D eigenvalue weighted by atomic mass is 9.73. The van der Waals surface area contributed by atoms with Crippen LogP contribution in [0, 0.1) is 5.92 Å². The summed E-state index contributed by atoms with van der Waals surface area (Å²) in [5, 5.41) is 11.0. The van der Waals surface area contributed by atoms with Crippen molar-refractivity contribution in [2.45, 2.75) is 78.1 Å². The Morgan fingerprint density at radius 1 is 1.17 bits per heavy atom. The number of rotatable bonds is 13. The van der Waals surface area contributed by atoms with E-state index in [2.05, 4.69) is 31.0 Å². The molecule has 0 radical (unpaired) electrons. The van der Waals surface area contributed by atoms with Gasteiger partial charge >= 0.3 is 14.0 Å². The molecule has 9 heteroatoms. The minimum absolute atomic E-state index is 0.0116. The fraction of sp³-hybridized carbons (Fsp3) is 0.577. The predicted molar refractivity (Wildman–Crippen MR) is 135 cm³/mol. The highest BCUT2D eigenvalue weighted by molar-refractivity contribution is 7.46. The maximum Gasteiger partial charge on any atom is 0.513 e. The number of hydrogen-bond donors (Lipinski definition) is 3. The van der Waals surface area contributed by atoms with E-state index < -0.39 is 14.0 Å². The first-order valence-electron chi connectivity index (χ1n) is 12.2. The fourth-order valence-corrected chi connectivity index (χ4v) is 4.75. The van der Waals surface area contributed by atoms with Gasteiger partial charge < -0.3 is 24.4 Å². The zero-order valence-corrected chi connectivity index (χ0v) is 21.9. The Morgan fingerprint density at radius 2 is 1.89 bits per heavy atom. The number of phosphoric acid groups is 1. The lowest BCUT2D eigenvalue weighted by molar-refractivity contribution is 0.0944. The monoisotopic (exact) mass is 510 g/mol. The molecule has 1 aromatic rings. The maximum atomic E-state index is 12.5. The van der Waals surface area contributed by atoms with E-state index in [4.69, 9.17) is 19.3 Å². The molecule has 3 N–H and O–H groups in total. The molecule has 1 aromatic carbocycles. The topological polar surface area (TPSA) is 123 Å². The molecule has 0 spiro atoms. The van der Waals surface area contributed by atoms with Crippen molar-refractivity contribution >= 4 is 14.0 Å². The number of aryl methyl sites for hydroxylation is 1. The molecule has 0 unspecified atom stereocenters. The van der Waals surface area contributed by atoms with Crippen LogP contribution < -0.4 is 4.74 Å². The van der Waals surface area contributed by atoms with Crippen molar-refractivity contribution in [1.29, 1.82) is 0 Å². The number of ether oxygens (including phenoxy) is 2. The molecule has 1 aliphatic rings. The smallest absolute Gasteiger partial charge is 0.507 e. The molecule has 196 valence electrons. The summed E-state index contributed by atoms with van der Waals surface area (Å²) in [5.41, 5.74) is 3.67. The number of phenolic OH excluding ortho intramolecular Hbond substituents is 1. The normalized spacial score (nSPS) is 18.1. The average Bonchev–Trinajstić information content (AvgIpc) is 2.75. The van der Waals surface area contributed by atoms with Gasteiger partial charge in [0, 0.05) is 11.5 Å². The zero-order valence-electron chi connectivity index (χ0n) is 21.0. The Morgan fingerprint density at radius 3 is 2.54 bits per heavy atom. The van der Waals surface area contributed by atoms with Crippen LogP contribution in [0.5, 0.6) is 11.5 Å². The first kappa shape index (κ1) is 29.1. The summed E-state index contributed by atoms with van der Waals surface area (Å²) in [6.07, 6.45) is 7.61. The molecule has 0 aromatic heterocycles. The molecule has 35 heavy (non-hydrogen) atoms. The quantitative estimate of drug-likeness (QED) is 0.0898. The molecular weight excluding hydrogens is 471 g/mol. The number of phosphoric ester groups is 1. The van der Waals surface area contributed by atoms with Crippen LogP contribution in [0.4, 0.5) is 4.79 Å². The van der Waals surface area contributed by atoms with Gasteiger partial charge in [-0.25, -0.2) is 9.36 Å². The van der Waals surface area contributed by atoms with E-state index in [9.17, 15) is 14.5 Å². The Kier molecular flexibility index (Phi) is 11.5. The molecule has 0 amide bonds. The van der Waals surface area contributed by atoms with Gasteiger partial charge in [-0.1, -0.05) is 43.6 Å². The van der Waals surface area contributed by atoms with E-state index in [0.717, 1.165) is 49.7 Å². The SMILES string of the molecule is C=C(C)[C@@H]1CCC(C)=C[C@H]1c1c(O)cc(CCCCC)cc1OC(=O)OCCCCOP(=O)(O)O. The van der Waals surface area contributed by atoms with E-state index in [1.165, 1.54) is 5.57 Å². The maximum absolute atomic E-state index is 12.5. The predicted octanol–water partition coefficient (Wildman–Crippen LogP) is 6.55. The summed E-state index contributed by atoms with van der Waals surface area (Å²) >= 11 is 0. The van der Waals surface area contributed by atoms with Gasteiger partial charge in [0.1, 0.15) is 11.5 Å². The van der Waals surface area contributed by atoms with Crippen LogP contribution in [0.1, 0.15) is 82.8 Å². The third kappa shape index (κ3) is 9.80. The van der Waals surface area contributed by atoms with E-state index in [0.29, 0.717) is 18.4 Å². The second-order valence-corrected chi connectivity index (χ2v) is 10.5. The highest BCUT2D eigenvalue weighted by Gasteiger charge is 2.31. The number of allylic oxidation sites excluding steroid dienone is 3. The van der Waals surface area contributed by atoms with E-state index in [-0.39, 0.29) is 36.5 Å². The van der Waals surface area contributed by atoms with Crippen molar-refractivity contribution in [2.75, 3.05) is 13.2 Å². The van der Waals surface area contributed by atoms with E-state index in [1.807, 2.05) is 13.0 Å². The van der Waals surface area contributed by atoms with Gasteiger partial charge in [-0.05, 0) is 76.0 Å². The summed E-state index contributed by atoms with van der Waals surface area (Å²) in [7, 11) is -4.50. The molecule has 0 saturated heterocycles. The number of phenols is 1. The van der Waals surface area contributed by atoms with Gasteiger partial charge in [0.25, 0.3) is 0 Å². The molecule has 0 bridgehead atoms. The second-order valence-electron chi connectivity index (χ2n) is 9.25. The first-order chi connectivity index (χ1) is 16.5. The molecule has 0 aliphatic heterocycles. The number of carbonyl (C=O) groups is 1. The van der Waals surface area contributed by atoms with E-state index in [1.54, 1.807) is 6.07 Å². The molecule has 2 rings (SSSR count). The van der Waals surface area contributed by atoms with Crippen LogP contribution >= 0.6 is 7.82 Å². The summed E-state index contributed by atoms with van der Waals surface area (Å²) in [6.45, 7) is 10.2. The van der Waals surface area contributed by atoms with Crippen molar-refractivity contribution < 1.29 is 38.3 Å². The van der Waals surface area contributed by atoms with Gasteiger partial charge in [0.05, 0.1) is 13.2 Å². The molecule has 2 atom stereocenters. The highest BCUT2D eigenvalue weighted by Crippen LogP contribution is 2.47. The van der Waals surface area contributed by atoms with Crippen molar-refractivity contribution in [1.82, 2.24) is 0 Å². The number of aromatic hydroxyl groups is 1. The Hall–Kier alpha value is -2.12. The third-order valence-electron chi connectivity index (χ3n) is 6.17. The summed E-state index contributed by atoms with van der Waals surface area (Å²) < 4.78 is 25.9. The first-order valence-corrected chi connectivity index (χ1v) is 13.8. The number of benzene rings is 1. The van der Waals surface area contributed by atoms with Crippen molar-refractivity contribution in [2.24, 2.45) is 5.92 Å². The van der Waals surface area contributed by atoms with Crippen molar-refractivity contribution in [3.63, 3.8) is 0 Å². The Balaban J connectivity index is 2.19. The molecule has 0 heterocycles. The van der Waals surface area contributed by atoms with Crippen LogP contribution in [0.25, 0.3) is 0 Å². The number of unbranched alkanes of at least 4 members (excludes halogenated alkanes) is 3. The highest BCUT2D eigenvalue weighted by atomic mass is 31.2. The van der Waals surface area contributed by atoms with Gasteiger partial charge in [-0.2, -0.15) is 0 Å². The number of hydrogen-bond acceptors (Lipinski definition) is 6. The summed E-state index contributed by atoms with van der Waals surface area (Å²) in [4.78, 5) is 29.9. The molecule has 0 saturated carbocycles. The lowest BCUT2D eigenvalue weighted by Gasteiger charge is -2.32. The summed E-state index contributed by atoms with van der Waals surface area (Å²) in [5.74, 6) is 0.327. The standard InChI is InChI=1S/C26H39O8P/c1-5-6-7-10-20-16-23(27)25(22-15-19(4)11-12-21(22)18(2)3)24(17-20)34-26(28)32-13-8-9-14-33-35(29,30)31/h15-17,21-22,27H,2,5-14H2,1,3-4H3,(H2,29,30,31)/t21-,22+/m0/s1. The average molecular weight is 511 g/mol. The molecular formula is C26H39O8P. The van der Waals surface area contributed by atoms with Crippen LogP contribution in [-0.4, -0.2) is 34.3 Å². The fourth-order valence-electron chi connectivity index (χ4n) is 4.38. The van der Waals surface area contributed by atoms with Gasteiger partial charge in [-0.3, -0.25) is 4.52 Å². The third-order valence-corrected chi connectivity index (χ3v) is 6.69.